The fourth-order valence-corrected chi connectivity index (χ4v) is 1.57. The van der Waals surface area contributed by atoms with Gasteiger partial charge in [-0.3, -0.25) is 0 Å². The first-order valence-corrected chi connectivity index (χ1v) is 5.87. The number of aryl methyl sites for hydroxylation is 1. The zero-order valence-corrected chi connectivity index (χ0v) is 10.8. The van der Waals surface area contributed by atoms with Crippen LogP contribution in [-0.4, -0.2) is 23.1 Å². The minimum Gasteiger partial charge on any atom is -0.367 e. The molecule has 1 rings (SSSR count). The molecule has 0 spiro atoms. The molecule has 0 saturated carbocycles. The van der Waals surface area contributed by atoms with Crippen molar-refractivity contribution in [3.05, 3.63) is 17.8 Å². The van der Waals surface area contributed by atoms with E-state index in [0.717, 1.165) is 12.8 Å². The normalized spacial score (nSPS) is 11.6. The van der Waals surface area contributed by atoms with Crippen LogP contribution >= 0.6 is 0 Å². The molecule has 0 aromatic carbocycles. The summed E-state index contributed by atoms with van der Waals surface area (Å²) in [5.74, 6) is -0.0968. The van der Waals surface area contributed by atoms with Crippen molar-refractivity contribution in [2.75, 3.05) is 18.4 Å². The van der Waals surface area contributed by atoms with Crippen molar-refractivity contribution in [3.63, 3.8) is 0 Å². The average Bonchev–Trinajstić information content (AvgIpc) is 2.29. The highest BCUT2D eigenvalue weighted by molar-refractivity contribution is 5.36. The maximum Gasteiger partial charge on any atom is 0.186 e. The third kappa shape index (κ3) is 4.26. The van der Waals surface area contributed by atoms with Gasteiger partial charge in [-0.25, -0.2) is 14.4 Å². The second-order valence-electron chi connectivity index (χ2n) is 5.03. The molecule has 3 N–H and O–H groups in total. The highest BCUT2D eigenvalue weighted by Crippen LogP contribution is 2.23. The summed E-state index contributed by atoms with van der Waals surface area (Å²) in [7, 11) is 0. The summed E-state index contributed by atoms with van der Waals surface area (Å²) in [6.45, 7) is 7.23. The van der Waals surface area contributed by atoms with Crippen molar-refractivity contribution in [1.82, 2.24) is 9.97 Å². The summed E-state index contributed by atoms with van der Waals surface area (Å²) in [4.78, 5) is 7.69. The van der Waals surface area contributed by atoms with Crippen molar-refractivity contribution in [1.29, 1.82) is 0 Å². The van der Waals surface area contributed by atoms with E-state index >= 15 is 0 Å². The van der Waals surface area contributed by atoms with Gasteiger partial charge in [-0.2, -0.15) is 0 Å². The molecule has 0 saturated heterocycles. The highest BCUT2D eigenvalue weighted by Gasteiger charge is 2.18. The Balaban J connectivity index is 2.58. The van der Waals surface area contributed by atoms with Crippen LogP contribution in [0.25, 0.3) is 0 Å². The number of aromatic nitrogens is 2. The van der Waals surface area contributed by atoms with E-state index in [1.54, 1.807) is 6.92 Å². The lowest BCUT2D eigenvalue weighted by Crippen LogP contribution is -2.25. The molecule has 0 fully saturated rings. The molecule has 1 aromatic rings. The van der Waals surface area contributed by atoms with E-state index in [-0.39, 0.29) is 17.1 Å². The van der Waals surface area contributed by atoms with E-state index in [9.17, 15) is 4.39 Å². The van der Waals surface area contributed by atoms with Gasteiger partial charge >= 0.3 is 0 Å². The fraction of sp³-hybridized carbons (Fsp3) is 0.667. The van der Waals surface area contributed by atoms with E-state index in [2.05, 4.69) is 29.1 Å². The monoisotopic (exact) mass is 240 g/mol. The summed E-state index contributed by atoms with van der Waals surface area (Å²) in [6.07, 6.45) is 3.34. The van der Waals surface area contributed by atoms with Crippen LogP contribution in [0.15, 0.2) is 6.33 Å². The molecular formula is C12H21FN4. The summed E-state index contributed by atoms with van der Waals surface area (Å²) in [5, 5.41) is 3.04. The van der Waals surface area contributed by atoms with Crippen LogP contribution in [0.3, 0.4) is 0 Å². The maximum absolute atomic E-state index is 13.6. The number of nitrogens with one attached hydrogen (secondary N) is 1. The number of anilines is 1. The summed E-state index contributed by atoms with van der Waals surface area (Å²) >= 11 is 0. The lowest BCUT2D eigenvalue weighted by molar-refractivity contribution is 0.349. The standard InChI is InChI=1S/C12H21FN4/c1-9-10(13)11(17-8-16-9)15-7-12(2,3)5-4-6-14/h8H,4-7,14H2,1-3H3,(H,15,16,17). The van der Waals surface area contributed by atoms with E-state index in [1.807, 2.05) is 0 Å². The molecule has 0 atom stereocenters. The van der Waals surface area contributed by atoms with Crippen LogP contribution in [-0.2, 0) is 0 Å². The largest absolute Gasteiger partial charge is 0.367 e. The van der Waals surface area contributed by atoms with E-state index in [0.29, 0.717) is 18.8 Å². The van der Waals surface area contributed by atoms with Crippen molar-refractivity contribution >= 4 is 5.82 Å². The third-order valence-corrected chi connectivity index (χ3v) is 2.76. The van der Waals surface area contributed by atoms with Gasteiger partial charge in [0.05, 0.1) is 5.69 Å². The fourth-order valence-electron chi connectivity index (χ4n) is 1.57. The van der Waals surface area contributed by atoms with Crippen LogP contribution < -0.4 is 11.1 Å². The summed E-state index contributed by atoms with van der Waals surface area (Å²) < 4.78 is 13.6. The second-order valence-corrected chi connectivity index (χ2v) is 5.03. The van der Waals surface area contributed by atoms with E-state index in [4.69, 9.17) is 5.73 Å². The number of rotatable bonds is 6. The number of nitrogens with two attached hydrogens (primary N) is 1. The zero-order chi connectivity index (χ0) is 12.9. The first kappa shape index (κ1) is 13.8. The molecule has 4 nitrogen and oxygen atoms in total. The van der Waals surface area contributed by atoms with Crippen LogP contribution in [0, 0.1) is 18.2 Å². The van der Waals surface area contributed by atoms with Gasteiger partial charge in [0.2, 0.25) is 0 Å². The van der Waals surface area contributed by atoms with Crippen molar-refractivity contribution < 1.29 is 4.39 Å². The number of hydrogen-bond donors (Lipinski definition) is 2. The molecule has 1 heterocycles. The van der Waals surface area contributed by atoms with Crippen molar-refractivity contribution in [2.45, 2.75) is 33.6 Å². The molecule has 0 aliphatic rings. The van der Waals surface area contributed by atoms with Gasteiger partial charge in [0, 0.05) is 6.54 Å². The molecule has 17 heavy (non-hydrogen) atoms. The molecule has 0 aliphatic heterocycles. The number of hydrogen-bond acceptors (Lipinski definition) is 4. The number of halogens is 1. The van der Waals surface area contributed by atoms with Gasteiger partial charge < -0.3 is 11.1 Å². The van der Waals surface area contributed by atoms with Gasteiger partial charge in [-0.1, -0.05) is 13.8 Å². The quantitative estimate of drug-likeness (QED) is 0.799. The Morgan fingerprint density at radius 1 is 1.41 bits per heavy atom. The minimum atomic E-state index is -0.373. The van der Waals surface area contributed by atoms with Gasteiger partial charge in [-0.15, -0.1) is 0 Å². The Morgan fingerprint density at radius 3 is 2.76 bits per heavy atom. The zero-order valence-electron chi connectivity index (χ0n) is 10.8. The Hall–Kier alpha value is -1.23. The Kier molecular flexibility index (Phi) is 4.81. The SMILES string of the molecule is Cc1ncnc(NCC(C)(C)CCCN)c1F. The lowest BCUT2D eigenvalue weighted by Gasteiger charge is -2.25. The average molecular weight is 240 g/mol. The van der Waals surface area contributed by atoms with E-state index in [1.165, 1.54) is 6.33 Å². The van der Waals surface area contributed by atoms with Crippen LogP contribution in [0.1, 0.15) is 32.4 Å². The van der Waals surface area contributed by atoms with E-state index < -0.39 is 0 Å². The van der Waals surface area contributed by atoms with Gasteiger partial charge in [0.1, 0.15) is 6.33 Å². The second kappa shape index (κ2) is 5.91. The summed E-state index contributed by atoms with van der Waals surface area (Å²) in [6, 6.07) is 0. The first-order valence-electron chi connectivity index (χ1n) is 5.87. The molecule has 0 unspecified atom stereocenters. The van der Waals surface area contributed by atoms with Gasteiger partial charge in [0.25, 0.3) is 0 Å². The predicted octanol–water partition coefficient (Wildman–Crippen LogP) is 2.10. The Bertz CT molecular complexity index is 366. The lowest BCUT2D eigenvalue weighted by atomic mass is 9.88. The molecule has 5 heteroatoms. The topological polar surface area (TPSA) is 63.8 Å². The molecular weight excluding hydrogens is 219 g/mol. The minimum absolute atomic E-state index is 0.0741. The predicted molar refractivity (Wildman–Crippen MR) is 67.3 cm³/mol. The molecule has 0 amide bonds. The third-order valence-electron chi connectivity index (χ3n) is 2.76. The summed E-state index contributed by atoms with van der Waals surface area (Å²) in [5.41, 5.74) is 5.92. The van der Waals surface area contributed by atoms with Crippen molar-refractivity contribution in [2.24, 2.45) is 11.1 Å². The molecule has 0 aliphatic carbocycles. The molecule has 0 radical (unpaired) electrons. The first-order chi connectivity index (χ1) is 7.96. The Labute approximate surface area is 102 Å². The van der Waals surface area contributed by atoms with Gasteiger partial charge in [0.15, 0.2) is 11.6 Å². The number of nitrogens with zero attached hydrogens (tertiary/aromatic N) is 2. The molecule has 1 aromatic heterocycles. The highest BCUT2D eigenvalue weighted by atomic mass is 19.1. The van der Waals surface area contributed by atoms with Crippen LogP contribution in [0.4, 0.5) is 10.2 Å². The Morgan fingerprint density at radius 2 is 2.12 bits per heavy atom. The van der Waals surface area contributed by atoms with Gasteiger partial charge in [-0.05, 0) is 31.7 Å². The van der Waals surface area contributed by atoms with Crippen LogP contribution in [0.2, 0.25) is 0 Å². The molecule has 96 valence electrons. The molecule has 0 bridgehead atoms. The van der Waals surface area contributed by atoms with Crippen molar-refractivity contribution in [3.8, 4) is 0 Å². The maximum atomic E-state index is 13.6. The smallest absolute Gasteiger partial charge is 0.186 e. The van der Waals surface area contributed by atoms with Crippen LogP contribution in [0.5, 0.6) is 0 Å².